The lowest BCUT2D eigenvalue weighted by atomic mass is 10.1. The number of anilines is 2. The van der Waals surface area contributed by atoms with Crippen LogP contribution in [-0.2, 0) is 31.4 Å². The number of piperazine rings is 2. The molecule has 2 aliphatic heterocycles. The number of benzene rings is 2. The minimum Gasteiger partial charge on any atom is -0.466 e. The second kappa shape index (κ2) is 21.9. The van der Waals surface area contributed by atoms with Gasteiger partial charge < -0.3 is 24.6 Å². The molecule has 8 nitrogen and oxygen atoms in total. The summed E-state index contributed by atoms with van der Waals surface area (Å²) in [6.07, 6.45) is -5.97. The lowest BCUT2D eigenvalue weighted by Crippen LogP contribution is -2.46. The number of carbonyl (C=O) groups is 2. The fourth-order valence-electron chi connectivity index (χ4n) is 5.00. The summed E-state index contributed by atoms with van der Waals surface area (Å²) < 4.78 is 84.3. The van der Waals surface area contributed by atoms with Crippen molar-refractivity contribution in [1.82, 2.24) is 10.2 Å². The van der Waals surface area contributed by atoms with E-state index in [1.54, 1.807) is 6.92 Å². The third-order valence-electron chi connectivity index (χ3n) is 7.59. The lowest BCUT2D eigenvalue weighted by molar-refractivity contribution is -0.144. The third kappa shape index (κ3) is 16.5. The molecule has 0 radical (unpaired) electrons. The molecule has 2 fully saturated rings. The van der Waals surface area contributed by atoms with Crippen molar-refractivity contribution in [2.45, 2.75) is 51.9 Å². The zero-order valence-electron chi connectivity index (χ0n) is 28.1. The topological polar surface area (TPSA) is 74.4 Å². The summed E-state index contributed by atoms with van der Waals surface area (Å²) in [5, 5.41) is 4.07. The highest BCUT2D eigenvalue weighted by atomic mass is 79.9. The fraction of sp³-hybridized carbons (Fsp3) is 0.588. The molecule has 276 valence electrons. The van der Waals surface area contributed by atoms with E-state index in [2.05, 4.69) is 40.7 Å². The van der Waals surface area contributed by atoms with Crippen molar-refractivity contribution in [3.63, 3.8) is 0 Å². The predicted octanol–water partition coefficient (Wildman–Crippen LogP) is 7.01. The molecule has 0 aromatic heterocycles. The number of rotatable bonds is 11. The molecule has 15 heteroatoms. The van der Waals surface area contributed by atoms with E-state index in [0.717, 1.165) is 113 Å². The van der Waals surface area contributed by atoms with Crippen LogP contribution in [0.15, 0.2) is 48.5 Å². The lowest BCUT2D eigenvalue weighted by Gasteiger charge is -2.36. The Morgan fingerprint density at radius 2 is 1.08 bits per heavy atom. The second-order valence-electron chi connectivity index (χ2n) is 11.2. The van der Waals surface area contributed by atoms with E-state index in [-0.39, 0.29) is 11.9 Å². The minimum atomic E-state index is -4.30. The molecule has 2 aromatic carbocycles. The fourth-order valence-corrected chi connectivity index (χ4v) is 5.28. The highest BCUT2D eigenvalue weighted by molar-refractivity contribution is 9.09. The van der Waals surface area contributed by atoms with E-state index in [4.69, 9.17) is 4.74 Å². The van der Waals surface area contributed by atoms with Gasteiger partial charge >= 0.3 is 24.3 Å². The highest BCUT2D eigenvalue weighted by Crippen LogP contribution is 2.31. The van der Waals surface area contributed by atoms with Crippen molar-refractivity contribution in [2.75, 3.05) is 87.2 Å². The van der Waals surface area contributed by atoms with Gasteiger partial charge in [0.15, 0.2) is 0 Å². The molecule has 0 unspecified atom stereocenters. The van der Waals surface area contributed by atoms with Gasteiger partial charge in [-0.2, -0.15) is 26.3 Å². The van der Waals surface area contributed by atoms with Crippen molar-refractivity contribution in [3.05, 3.63) is 59.7 Å². The number of hydrogen-bond donors (Lipinski definition) is 1. The maximum atomic E-state index is 12.6. The van der Waals surface area contributed by atoms with Gasteiger partial charge in [0.25, 0.3) is 0 Å². The van der Waals surface area contributed by atoms with E-state index in [1.165, 1.54) is 24.3 Å². The van der Waals surface area contributed by atoms with Crippen LogP contribution >= 0.6 is 15.9 Å². The summed E-state index contributed by atoms with van der Waals surface area (Å²) in [7, 11) is 0. The van der Waals surface area contributed by atoms with E-state index < -0.39 is 23.5 Å². The van der Waals surface area contributed by atoms with Gasteiger partial charge in [-0.3, -0.25) is 14.5 Å². The summed E-state index contributed by atoms with van der Waals surface area (Å²) in [4.78, 5) is 28.3. The van der Waals surface area contributed by atoms with Gasteiger partial charge in [-0.1, -0.05) is 15.9 Å². The van der Waals surface area contributed by atoms with E-state index in [0.29, 0.717) is 26.1 Å². The minimum absolute atomic E-state index is 0.100. The van der Waals surface area contributed by atoms with Crippen LogP contribution in [0.4, 0.5) is 37.7 Å². The van der Waals surface area contributed by atoms with Crippen LogP contribution in [0.5, 0.6) is 0 Å². The maximum absolute atomic E-state index is 12.6. The van der Waals surface area contributed by atoms with Gasteiger partial charge in [-0.15, -0.1) is 0 Å². The largest absolute Gasteiger partial charge is 0.466 e. The standard InChI is InChI=1S/C17H23F3N2O2.C11H13F3N2.C6H11BrO2/c1-2-24-16(23)4-3-9-21-10-12-22(13-11-21)15-7-5-14(6-8-15)17(18,19)20;12-11(13,14)9-1-3-10(4-2-9)16-7-5-15-6-8-16;1-2-9-6(8)4-3-5-7/h5-8H,2-4,9-13H2,1H3;1-4,15H,5-8H2;2-5H2,1H3. The zero-order valence-corrected chi connectivity index (χ0v) is 29.6. The monoisotopic (exact) mass is 768 g/mol. The molecule has 1 N–H and O–H groups in total. The number of esters is 2. The number of halogens is 7. The molecular formula is C34H47BrF6N4O4. The first-order valence-electron chi connectivity index (χ1n) is 16.4. The maximum Gasteiger partial charge on any atom is 0.416 e. The summed E-state index contributed by atoms with van der Waals surface area (Å²) in [6.45, 7) is 12.0. The number of nitrogens with zero attached hydrogens (tertiary/aromatic N) is 3. The Kier molecular flexibility index (Phi) is 18.8. The molecule has 4 rings (SSSR count). The molecule has 0 bridgehead atoms. The van der Waals surface area contributed by atoms with Gasteiger partial charge in [0.1, 0.15) is 0 Å². The Balaban J connectivity index is 0.000000286. The van der Waals surface area contributed by atoms with E-state index >= 15 is 0 Å². The van der Waals surface area contributed by atoms with Crippen LogP contribution in [0.2, 0.25) is 0 Å². The van der Waals surface area contributed by atoms with Crippen LogP contribution in [0.25, 0.3) is 0 Å². The molecule has 2 saturated heterocycles. The number of hydrogen-bond acceptors (Lipinski definition) is 8. The Labute approximate surface area is 293 Å². The predicted molar refractivity (Wildman–Crippen MR) is 182 cm³/mol. The highest BCUT2D eigenvalue weighted by Gasteiger charge is 2.31. The SMILES string of the molecule is CCOC(=O)CCCBr.CCOC(=O)CCCN1CCN(c2ccc(C(F)(F)F)cc2)CC1.FC(F)(F)c1ccc(N2CCNCC2)cc1. The second-order valence-corrected chi connectivity index (χ2v) is 12.0. The molecule has 49 heavy (non-hydrogen) atoms. The van der Waals surface area contributed by atoms with Crippen molar-refractivity contribution < 1.29 is 45.4 Å². The molecule has 0 aliphatic carbocycles. The first kappa shape index (κ1) is 42.1. The normalized spacial score (nSPS) is 15.4. The zero-order chi connectivity index (χ0) is 36.3. The Morgan fingerprint density at radius 3 is 1.47 bits per heavy atom. The number of carbonyl (C=O) groups excluding carboxylic acids is 2. The molecule has 2 aromatic rings. The molecule has 0 atom stereocenters. The van der Waals surface area contributed by atoms with Gasteiger partial charge in [-0.05, 0) is 81.8 Å². The van der Waals surface area contributed by atoms with Gasteiger partial charge in [0, 0.05) is 81.9 Å². The van der Waals surface area contributed by atoms with Crippen LogP contribution in [-0.4, -0.2) is 94.3 Å². The van der Waals surface area contributed by atoms with Gasteiger partial charge in [0.05, 0.1) is 24.3 Å². The van der Waals surface area contributed by atoms with Crippen molar-refractivity contribution in [2.24, 2.45) is 0 Å². The Morgan fingerprint density at radius 1 is 0.673 bits per heavy atom. The molecule has 2 heterocycles. The first-order valence-corrected chi connectivity index (χ1v) is 17.5. The summed E-state index contributed by atoms with van der Waals surface area (Å²) in [5.74, 6) is -0.266. The van der Waals surface area contributed by atoms with Crippen molar-refractivity contribution in [3.8, 4) is 0 Å². The van der Waals surface area contributed by atoms with E-state index in [9.17, 15) is 35.9 Å². The summed E-state index contributed by atoms with van der Waals surface area (Å²) >= 11 is 3.22. The molecular weight excluding hydrogens is 722 g/mol. The van der Waals surface area contributed by atoms with Crippen LogP contribution in [0.3, 0.4) is 0 Å². The number of nitrogens with one attached hydrogen (secondary N) is 1. The number of ether oxygens (including phenoxy) is 2. The van der Waals surface area contributed by atoms with Gasteiger partial charge in [0.2, 0.25) is 0 Å². The Bertz CT molecular complexity index is 1220. The molecule has 0 amide bonds. The quantitative estimate of drug-likeness (QED) is 0.149. The third-order valence-corrected chi connectivity index (χ3v) is 8.15. The summed E-state index contributed by atoms with van der Waals surface area (Å²) in [6, 6.07) is 10.7. The van der Waals surface area contributed by atoms with Crippen molar-refractivity contribution in [1.29, 1.82) is 0 Å². The summed E-state index contributed by atoms with van der Waals surface area (Å²) in [5.41, 5.74) is 0.457. The smallest absolute Gasteiger partial charge is 0.416 e. The van der Waals surface area contributed by atoms with Crippen LogP contribution < -0.4 is 15.1 Å². The Hall–Kier alpha value is -3.04. The number of alkyl halides is 7. The average Bonchev–Trinajstić information content (AvgIpc) is 3.08. The van der Waals surface area contributed by atoms with Crippen molar-refractivity contribution >= 4 is 39.2 Å². The molecule has 2 aliphatic rings. The average molecular weight is 770 g/mol. The van der Waals surface area contributed by atoms with Gasteiger partial charge in [-0.25, -0.2) is 0 Å². The van der Waals surface area contributed by atoms with Crippen LogP contribution in [0.1, 0.15) is 50.7 Å². The van der Waals surface area contributed by atoms with Crippen LogP contribution in [0, 0.1) is 0 Å². The first-order chi connectivity index (χ1) is 23.3. The van der Waals surface area contributed by atoms with E-state index in [1.807, 2.05) is 6.92 Å². The molecule has 0 saturated carbocycles. The molecule has 0 spiro atoms.